The van der Waals surface area contributed by atoms with Crippen molar-refractivity contribution in [2.45, 2.75) is 18.9 Å². The van der Waals surface area contributed by atoms with Crippen LogP contribution in [0.2, 0.25) is 5.02 Å². The molecule has 1 heterocycles. The average Bonchev–Trinajstić information content (AvgIpc) is 2.67. The number of non-ortho nitro benzene ring substituents is 1. The maximum Gasteiger partial charge on any atom is 0.270 e. The molecule has 1 saturated heterocycles. The Labute approximate surface area is 165 Å². The Hall–Kier alpha value is -2.97. The summed E-state index contributed by atoms with van der Waals surface area (Å²) in [5.41, 5.74) is 0.429. The summed E-state index contributed by atoms with van der Waals surface area (Å²) >= 11 is 6.01. The number of β-amino-alcohol motifs (C(OH)–C–C–N with tert-alkyl or cyclic N) is 1. The number of hydrogen-bond donors (Lipinski definition) is 2. The number of aliphatic hydroxyl groups is 1. The number of anilines is 1. The van der Waals surface area contributed by atoms with Crippen LogP contribution in [0, 0.1) is 10.1 Å². The summed E-state index contributed by atoms with van der Waals surface area (Å²) < 4.78 is 0. The molecule has 2 aromatic rings. The quantitative estimate of drug-likeness (QED) is 0.601. The van der Waals surface area contributed by atoms with Gasteiger partial charge >= 0.3 is 0 Å². The number of nitrogens with zero attached hydrogens (tertiary/aromatic N) is 2. The molecule has 1 atom stereocenters. The van der Waals surface area contributed by atoms with Gasteiger partial charge in [0.2, 0.25) is 0 Å². The Morgan fingerprint density at radius 1 is 1.21 bits per heavy atom. The third-order valence-electron chi connectivity index (χ3n) is 4.50. The number of aliphatic hydroxyl groups excluding tert-OH is 1. The van der Waals surface area contributed by atoms with E-state index in [0.29, 0.717) is 30.6 Å². The molecular formula is C19H18ClN3O5. The van der Waals surface area contributed by atoms with Crippen molar-refractivity contribution in [3.8, 4) is 0 Å². The van der Waals surface area contributed by atoms with Gasteiger partial charge in [0.15, 0.2) is 0 Å². The van der Waals surface area contributed by atoms with Crippen LogP contribution in [0.15, 0.2) is 42.5 Å². The first-order chi connectivity index (χ1) is 13.4. The van der Waals surface area contributed by atoms with Crippen LogP contribution in [-0.2, 0) is 0 Å². The Morgan fingerprint density at radius 3 is 2.64 bits per heavy atom. The van der Waals surface area contributed by atoms with E-state index in [4.69, 9.17) is 11.6 Å². The smallest absolute Gasteiger partial charge is 0.270 e. The number of benzene rings is 2. The van der Waals surface area contributed by atoms with Gasteiger partial charge in [-0.2, -0.15) is 0 Å². The Morgan fingerprint density at radius 2 is 1.96 bits per heavy atom. The molecule has 0 radical (unpaired) electrons. The van der Waals surface area contributed by atoms with Crippen LogP contribution in [0.1, 0.15) is 33.6 Å². The van der Waals surface area contributed by atoms with E-state index in [9.17, 15) is 24.8 Å². The van der Waals surface area contributed by atoms with Crippen molar-refractivity contribution >= 4 is 34.8 Å². The Balaban J connectivity index is 1.82. The molecule has 0 bridgehead atoms. The Bertz CT molecular complexity index is 934. The van der Waals surface area contributed by atoms with Crippen LogP contribution in [0.25, 0.3) is 0 Å². The molecule has 0 aliphatic carbocycles. The summed E-state index contributed by atoms with van der Waals surface area (Å²) in [5.74, 6) is -0.872. The maximum atomic E-state index is 12.8. The van der Waals surface area contributed by atoms with Crippen molar-refractivity contribution in [1.82, 2.24) is 4.90 Å². The highest BCUT2D eigenvalue weighted by molar-refractivity contribution is 6.34. The Kier molecular flexibility index (Phi) is 5.91. The minimum Gasteiger partial charge on any atom is -0.391 e. The van der Waals surface area contributed by atoms with Crippen molar-refractivity contribution in [2.24, 2.45) is 0 Å². The molecule has 28 heavy (non-hydrogen) atoms. The van der Waals surface area contributed by atoms with Gasteiger partial charge in [0, 0.05) is 25.2 Å². The maximum absolute atomic E-state index is 12.8. The van der Waals surface area contributed by atoms with Crippen molar-refractivity contribution in [2.75, 3.05) is 18.4 Å². The number of para-hydroxylation sites is 1. The van der Waals surface area contributed by atoms with Crippen molar-refractivity contribution in [3.05, 3.63) is 68.7 Å². The van der Waals surface area contributed by atoms with Gasteiger partial charge in [0.25, 0.3) is 17.5 Å². The van der Waals surface area contributed by atoms with Crippen LogP contribution < -0.4 is 5.32 Å². The molecular weight excluding hydrogens is 386 g/mol. The molecule has 1 aliphatic rings. The van der Waals surface area contributed by atoms with E-state index < -0.39 is 16.9 Å². The number of nitro groups is 1. The molecule has 0 aromatic heterocycles. The lowest BCUT2D eigenvalue weighted by molar-refractivity contribution is -0.384. The van der Waals surface area contributed by atoms with E-state index in [1.54, 1.807) is 29.2 Å². The van der Waals surface area contributed by atoms with Gasteiger partial charge in [0.05, 0.1) is 32.9 Å². The number of likely N-dealkylation sites (tertiary alicyclic amines) is 1. The second-order valence-corrected chi connectivity index (χ2v) is 6.88. The van der Waals surface area contributed by atoms with Crippen LogP contribution in [0.5, 0.6) is 0 Å². The molecule has 146 valence electrons. The first kappa shape index (κ1) is 19.8. The highest BCUT2D eigenvalue weighted by Crippen LogP contribution is 2.25. The summed E-state index contributed by atoms with van der Waals surface area (Å²) in [6.07, 6.45) is 0.805. The second kappa shape index (κ2) is 8.37. The molecule has 1 unspecified atom stereocenters. The number of nitrogens with one attached hydrogen (secondary N) is 1. The molecule has 2 amide bonds. The first-order valence-corrected chi connectivity index (χ1v) is 9.06. The summed E-state index contributed by atoms with van der Waals surface area (Å²) in [6.45, 7) is 0.779. The lowest BCUT2D eigenvalue weighted by Crippen LogP contribution is -2.42. The van der Waals surface area contributed by atoms with Gasteiger partial charge < -0.3 is 15.3 Å². The van der Waals surface area contributed by atoms with Gasteiger partial charge in [-0.05, 0) is 31.0 Å². The van der Waals surface area contributed by atoms with Crippen molar-refractivity contribution in [1.29, 1.82) is 0 Å². The topological polar surface area (TPSA) is 113 Å². The number of rotatable bonds is 4. The lowest BCUT2D eigenvalue weighted by Gasteiger charge is -2.30. The molecule has 0 spiro atoms. The standard InChI is InChI=1S/C19H18ClN3O5/c20-16-10-12(23(27)28)7-8-14(16)18(25)21-17-6-2-1-5-15(17)19(26)22-9-3-4-13(24)11-22/h1-2,5-8,10,13,24H,3-4,9,11H2,(H,21,25). The SMILES string of the molecule is O=C(Nc1ccccc1C(=O)N1CCCC(O)C1)c1ccc([N+](=O)[O-])cc1Cl. The van der Waals surface area contributed by atoms with Gasteiger partial charge in [-0.15, -0.1) is 0 Å². The van der Waals surface area contributed by atoms with Crippen molar-refractivity contribution in [3.63, 3.8) is 0 Å². The molecule has 9 heteroatoms. The minimum absolute atomic E-state index is 0.0583. The zero-order valence-corrected chi connectivity index (χ0v) is 15.6. The van der Waals surface area contributed by atoms with Gasteiger partial charge in [-0.25, -0.2) is 0 Å². The van der Waals surface area contributed by atoms with E-state index in [0.717, 1.165) is 6.07 Å². The van der Waals surface area contributed by atoms with Crippen molar-refractivity contribution < 1.29 is 19.6 Å². The summed E-state index contributed by atoms with van der Waals surface area (Å²) in [7, 11) is 0. The number of carbonyl (C=O) groups is 2. The number of hydrogen-bond acceptors (Lipinski definition) is 5. The van der Waals surface area contributed by atoms with E-state index in [2.05, 4.69) is 5.32 Å². The predicted molar refractivity (Wildman–Crippen MR) is 104 cm³/mol. The fraction of sp³-hybridized carbons (Fsp3) is 0.263. The number of carbonyl (C=O) groups excluding carboxylic acids is 2. The average molecular weight is 404 g/mol. The van der Waals surface area contributed by atoms with E-state index in [1.807, 2.05) is 0 Å². The molecule has 0 saturated carbocycles. The summed E-state index contributed by atoms with van der Waals surface area (Å²) in [6, 6.07) is 10.1. The summed E-state index contributed by atoms with van der Waals surface area (Å²) in [5, 5.41) is 23.2. The van der Waals surface area contributed by atoms with Crippen LogP contribution in [-0.4, -0.2) is 45.9 Å². The highest BCUT2D eigenvalue weighted by atomic mass is 35.5. The zero-order valence-electron chi connectivity index (χ0n) is 14.8. The van der Waals surface area contributed by atoms with Crippen LogP contribution in [0.4, 0.5) is 11.4 Å². The molecule has 8 nitrogen and oxygen atoms in total. The second-order valence-electron chi connectivity index (χ2n) is 6.47. The molecule has 1 aliphatic heterocycles. The molecule has 1 fully saturated rings. The molecule has 2 aromatic carbocycles. The lowest BCUT2D eigenvalue weighted by atomic mass is 10.1. The monoisotopic (exact) mass is 403 g/mol. The third kappa shape index (κ3) is 4.29. The van der Waals surface area contributed by atoms with Gasteiger partial charge in [-0.3, -0.25) is 19.7 Å². The molecule has 2 N–H and O–H groups in total. The first-order valence-electron chi connectivity index (χ1n) is 8.68. The minimum atomic E-state index is -0.603. The number of halogens is 1. The summed E-state index contributed by atoms with van der Waals surface area (Å²) in [4.78, 5) is 37.2. The van der Waals surface area contributed by atoms with E-state index in [1.165, 1.54) is 12.1 Å². The highest BCUT2D eigenvalue weighted by Gasteiger charge is 2.25. The fourth-order valence-corrected chi connectivity index (χ4v) is 3.34. The molecule has 3 rings (SSSR count). The number of amides is 2. The normalized spacial score (nSPS) is 16.5. The van der Waals surface area contributed by atoms with E-state index >= 15 is 0 Å². The number of piperidine rings is 1. The fourth-order valence-electron chi connectivity index (χ4n) is 3.08. The van der Waals surface area contributed by atoms with Gasteiger partial charge in [0.1, 0.15) is 0 Å². The van der Waals surface area contributed by atoms with E-state index in [-0.39, 0.29) is 28.7 Å². The van der Waals surface area contributed by atoms with Crippen LogP contribution >= 0.6 is 11.6 Å². The third-order valence-corrected chi connectivity index (χ3v) is 4.81. The number of nitro benzene ring substituents is 1. The largest absolute Gasteiger partial charge is 0.391 e. The van der Waals surface area contributed by atoms with Crippen LogP contribution in [0.3, 0.4) is 0 Å². The zero-order chi connectivity index (χ0) is 20.3. The van der Waals surface area contributed by atoms with Gasteiger partial charge in [-0.1, -0.05) is 23.7 Å². The predicted octanol–water partition coefficient (Wildman–Crippen LogP) is 3.10.